The predicted octanol–water partition coefficient (Wildman–Crippen LogP) is 2.09. The van der Waals surface area contributed by atoms with Crippen LogP contribution in [0.4, 0.5) is 11.4 Å². The number of rotatable bonds is 2. The van der Waals surface area contributed by atoms with E-state index in [1.54, 1.807) is 0 Å². The Hall–Kier alpha value is -1.18. The number of hydrogen-bond acceptors (Lipinski definition) is 2. The standard InChI is InChI=1S/C9H14N2/c1-7(2)11-9-5-3-4-8(10)6-9/h3-7,11H,10H2,1-2H3. The van der Waals surface area contributed by atoms with Crippen molar-refractivity contribution >= 4 is 11.4 Å². The Bertz CT molecular complexity index is 231. The molecule has 0 amide bonds. The highest BCUT2D eigenvalue weighted by molar-refractivity contribution is 5.54. The molecule has 0 saturated heterocycles. The molecule has 0 saturated carbocycles. The smallest absolute Gasteiger partial charge is 0.0362 e. The van der Waals surface area contributed by atoms with Crippen molar-refractivity contribution in [1.82, 2.24) is 0 Å². The number of anilines is 2. The van der Waals surface area contributed by atoms with Gasteiger partial charge in [-0.3, -0.25) is 0 Å². The van der Waals surface area contributed by atoms with Gasteiger partial charge in [-0.1, -0.05) is 6.07 Å². The largest absolute Gasteiger partial charge is 0.399 e. The second-order valence-electron chi connectivity index (χ2n) is 2.92. The molecule has 1 aromatic rings. The molecule has 2 nitrogen and oxygen atoms in total. The van der Waals surface area contributed by atoms with Crippen LogP contribution in [0.2, 0.25) is 0 Å². The summed E-state index contributed by atoms with van der Waals surface area (Å²) in [6.45, 7) is 4.20. The molecule has 1 aromatic carbocycles. The molecule has 0 aromatic heterocycles. The molecule has 0 radical (unpaired) electrons. The van der Waals surface area contributed by atoms with Gasteiger partial charge in [-0.15, -0.1) is 0 Å². The van der Waals surface area contributed by atoms with Crippen LogP contribution in [0.25, 0.3) is 0 Å². The van der Waals surface area contributed by atoms with Gasteiger partial charge in [0.15, 0.2) is 0 Å². The molecule has 0 aliphatic heterocycles. The van der Waals surface area contributed by atoms with E-state index in [1.165, 1.54) is 0 Å². The van der Waals surface area contributed by atoms with Crippen LogP contribution in [0.15, 0.2) is 24.3 Å². The van der Waals surface area contributed by atoms with Gasteiger partial charge >= 0.3 is 0 Å². The van der Waals surface area contributed by atoms with Crippen molar-refractivity contribution in [1.29, 1.82) is 0 Å². The monoisotopic (exact) mass is 150 g/mol. The second-order valence-corrected chi connectivity index (χ2v) is 2.92. The van der Waals surface area contributed by atoms with E-state index in [2.05, 4.69) is 19.2 Å². The molecule has 11 heavy (non-hydrogen) atoms. The van der Waals surface area contributed by atoms with Gasteiger partial charge in [0, 0.05) is 17.4 Å². The van der Waals surface area contributed by atoms with Crippen molar-refractivity contribution in [2.24, 2.45) is 0 Å². The molecule has 0 aliphatic rings. The summed E-state index contributed by atoms with van der Waals surface area (Å²) in [5.74, 6) is 0. The molecular weight excluding hydrogens is 136 g/mol. The molecular formula is C9H14N2. The van der Waals surface area contributed by atoms with E-state index in [1.807, 2.05) is 24.3 Å². The Kier molecular flexibility index (Phi) is 2.36. The first-order chi connectivity index (χ1) is 5.18. The molecule has 0 heterocycles. The van der Waals surface area contributed by atoms with E-state index >= 15 is 0 Å². The Morgan fingerprint density at radius 2 is 2.09 bits per heavy atom. The van der Waals surface area contributed by atoms with Crippen LogP contribution < -0.4 is 11.1 Å². The minimum atomic E-state index is 0.455. The third-order valence-corrected chi connectivity index (χ3v) is 1.34. The minimum Gasteiger partial charge on any atom is -0.399 e. The zero-order valence-electron chi connectivity index (χ0n) is 6.96. The van der Waals surface area contributed by atoms with Crippen LogP contribution in [0, 0.1) is 0 Å². The van der Waals surface area contributed by atoms with Crippen LogP contribution in [-0.2, 0) is 0 Å². The fourth-order valence-corrected chi connectivity index (χ4v) is 0.962. The van der Waals surface area contributed by atoms with E-state index < -0.39 is 0 Å². The van der Waals surface area contributed by atoms with Crippen molar-refractivity contribution in [2.45, 2.75) is 19.9 Å². The molecule has 0 bridgehead atoms. The predicted molar refractivity (Wildman–Crippen MR) is 49.6 cm³/mol. The van der Waals surface area contributed by atoms with E-state index in [0.29, 0.717) is 6.04 Å². The van der Waals surface area contributed by atoms with Crippen LogP contribution in [-0.4, -0.2) is 6.04 Å². The lowest BCUT2D eigenvalue weighted by molar-refractivity contribution is 0.900. The third kappa shape index (κ3) is 2.50. The first-order valence-electron chi connectivity index (χ1n) is 3.80. The van der Waals surface area contributed by atoms with Crippen LogP contribution in [0.3, 0.4) is 0 Å². The van der Waals surface area contributed by atoms with E-state index in [0.717, 1.165) is 11.4 Å². The number of nitrogens with two attached hydrogens (primary N) is 1. The van der Waals surface area contributed by atoms with Crippen molar-refractivity contribution in [3.63, 3.8) is 0 Å². The highest BCUT2D eigenvalue weighted by Gasteiger charge is 1.93. The van der Waals surface area contributed by atoms with Gasteiger partial charge < -0.3 is 11.1 Å². The fourth-order valence-electron chi connectivity index (χ4n) is 0.962. The Morgan fingerprint density at radius 3 is 2.64 bits per heavy atom. The fraction of sp³-hybridized carbons (Fsp3) is 0.333. The summed E-state index contributed by atoms with van der Waals surface area (Å²) in [5.41, 5.74) is 7.48. The van der Waals surface area contributed by atoms with Crippen molar-refractivity contribution < 1.29 is 0 Å². The molecule has 0 unspecified atom stereocenters. The molecule has 0 fully saturated rings. The highest BCUT2D eigenvalue weighted by Crippen LogP contribution is 2.12. The van der Waals surface area contributed by atoms with Gasteiger partial charge in [0.2, 0.25) is 0 Å². The highest BCUT2D eigenvalue weighted by atomic mass is 14.9. The van der Waals surface area contributed by atoms with Gasteiger partial charge in [0.05, 0.1) is 0 Å². The van der Waals surface area contributed by atoms with E-state index in [4.69, 9.17) is 5.73 Å². The summed E-state index contributed by atoms with van der Waals surface area (Å²) >= 11 is 0. The van der Waals surface area contributed by atoms with E-state index in [-0.39, 0.29) is 0 Å². The molecule has 2 heteroatoms. The average molecular weight is 150 g/mol. The number of nitrogens with one attached hydrogen (secondary N) is 1. The van der Waals surface area contributed by atoms with Gasteiger partial charge in [0.1, 0.15) is 0 Å². The summed E-state index contributed by atoms with van der Waals surface area (Å²) < 4.78 is 0. The number of hydrogen-bond donors (Lipinski definition) is 2. The minimum absolute atomic E-state index is 0.455. The molecule has 0 atom stereocenters. The Labute approximate surface area is 67.4 Å². The topological polar surface area (TPSA) is 38.0 Å². The van der Waals surface area contributed by atoms with Gasteiger partial charge in [-0.2, -0.15) is 0 Å². The third-order valence-electron chi connectivity index (χ3n) is 1.34. The number of benzene rings is 1. The average Bonchev–Trinajstić information content (AvgIpc) is 1.85. The molecule has 3 N–H and O–H groups in total. The lowest BCUT2D eigenvalue weighted by Crippen LogP contribution is -2.09. The second kappa shape index (κ2) is 3.28. The zero-order valence-corrected chi connectivity index (χ0v) is 6.96. The molecule has 60 valence electrons. The first-order valence-corrected chi connectivity index (χ1v) is 3.80. The van der Waals surface area contributed by atoms with Gasteiger partial charge in [-0.25, -0.2) is 0 Å². The SMILES string of the molecule is CC(C)Nc1cccc(N)c1. The maximum Gasteiger partial charge on any atom is 0.0362 e. The Morgan fingerprint density at radius 1 is 1.36 bits per heavy atom. The van der Waals surface area contributed by atoms with Gasteiger partial charge in [-0.05, 0) is 32.0 Å². The van der Waals surface area contributed by atoms with Crippen LogP contribution in [0.5, 0.6) is 0 Å². The summed E-state index contributed by atoms with van der Waals surface area (Å²) in [6, 6.07) is 8.22. The van der Waals surface area contributed by atoms with Crippen LogP contribution >= 0.6 is 0 Å². The maximum atomic E-state index is 5.59. The maximum absolute atomic E-state index is 5.59. The molecule has 0 aliphatic carbocycles. The summed E-state index contributed by atoms with van der Waals surface area (Å²) in [5, 5.41) is 3.27. The summed E-state index contributed by atoms with van der Waals surface area (Å²) in [7, 11) is 0. The summed E-state index contributed by atoms with van der Waals surface area (Å²) in [4.78, 5) is 0. The Balaban J connectivity index is 2.71. The van der Waals surface area contributed by atoms with Gasteiger partial charge in [0.25, 0.3) is 0 Å². The van der Waals surface area contributed by atoms with Crippen molar-refractivity contribution in [3.8, 4) is 0 Å². The van der Waals surface area contributed by atoms with Crippen molar-refractivity contribution in [3.05, 3.63) is 24.3 Å². The first kappa shape index (κ1) is 7.92. The summed E-state index contributed by atoms with van der Waals surface area (Å²) in [6.07, 6.45) is 0. The van der Waals surface area contributed by atoms with E-state index in [9.17, 15) is 0 Å². The lowest BCUT2D eigenvalue weighted by Gasteiger charge is -2.09. The quantitative estimate of drug-likeness (QED) is 0.633. The van der Waals surface area contributed by atoms with Crippen molar-refractivity contribution in [2.75, 3.05) is 11.1 Å². The normalized spacial score (nSPS) is 10.1. The molecule has 0 spiro atoms. The number of nitrogen functional groups attached to an aromatic ring is 1. The molecule has 1 rings (SSSR count). The lowest BCUT2D eigenvalue weighted by atomic mass is 10.2. The van der Waals surface area contributed by atoms with Crippen LogP contribution in [0.1, 0.15) is 13.8 Å². The zero-order chi connectivity index (χ0) is 8.27.